The summed E-state index contributed by atoms with van der Waals surface area (Å²) < 4.78 is 0.535. The molecule has 1 saturated heterocycles. The van der Waals surface area contributed by atoms with Crippen molar-refractivity contribution in [2.75, 3.05) is 0 Å². The second-order valence-electron chi connectivity index (χ2n) is 4.89. The number of carbonyl (C=O) groups is 1. The first-order valence-corrected chi connectivity index (χ1v) is 8.77. The van der Waals surface area contributed by atoms with Crippen LogP contribution in [0.2, 0.25) is 10.0 Å². The van der Waals surface area contributed by atoms with E-state index in [0.717, 1.165) is 5.56 Å². The normalized spacial score (nSPS) is 16.4. The van der Waals surface area contributed by atoms with Gasteiger partial charge in [-0.2, -0.15) is 0 Å². The number of hydrogen-bond acceptors (Lipinski definition) is 3. The number of nitrogens with zero attached hydrogens (tertiary/aromatic N) is 1. The van der Waals surface area contributed by atoms with Crippen LogP contribution in [0.4, 0.5) is 0 Å². The highest BCUT2D eigenvalue weighted by Crippen LogP contribution is 2.36. The lowest BCUT2D eigenvalue weighted by molar-refractivity contribution is -0.122. The Labute approximate surface area is 154 Å². The molecule has 1 aliphatic heterocycles. The lowest BCUT2D eigenvalue weighted by Crippen LogP contribution is -2.27. The second-order valence-corrected chi connectivity index (χ2v) is 7.38. The third-order valence-electron chi connectivity index (χ3n) is 3.33. The maximum absolute atomic E-state index is 12.6. The SMILES string of the molecule is O=C1/C(=C/c2c(Cl)cccc2Cl)SC(=S)N1Cc1ccccc1. The van der Waals surface area contributed by atoms with Gasteiger partial charge in [-0.05, 0) is 23.8 Å². The second kappa shape index (κ2) is 7.05. The van der Waals surface area contributed by atoms with Gasteiger partial charge in [-0.3, -0.25) is 9.69 Å². The number of halogens is 2. The van der Waals surface area contributed by atoms with Crippen molar-refractivity contribution in [2.45, 2.75) is 6.54 Å². The van der Waals surface area contributed by atoms with Gasteiger partial charge in [0.25, 0.3) is 5.91 Å². The molecule has 2 nitrogen and oxygen atoms in total. The molecule has 0 radical (unpaired) electrons. The van der Waals surface area contributed by atoms with Crippen molar-refractivity contribution in [1.29, 1.82) is 0 Å². The smallest absolute Gasteiger partial charge is 0.266 e. The Bertz CT molecular complexity index is 785. The molecule has 0 spiro atoms. The number of rotatable bonds is 3. The monoisotopic (exact) mass is 379 g/mol. The molecule has 2 aromatic carbocycles. The third kappa shape index (κ3) is 3.61. The predicted octanol–water partition coefficient (Wildman–Crippen LogP) is 5.39. The average molecular weight is 380 g/mol. The van der Waals surface area contributed by atoms with Crippen LogP contribution >= 0.6 is 47.2 Å². The van der Waals surface area contributed by atoms with Gasteiger partial charge >= 0.3 is 0 Å². The Morgan fingerprint density at radius 3 is 2.35 bits per heavy atom. The van der Waals surface area contributed by atoms with Crippen LogP contribution in [0.25, 0.3) is 6.08 Å². The topological polar surface area (TPSA) is 20.3 Å². The van der Waals surface area contributed by atoms with Crippen molar-refractivity contribution in [3.8, 4) is 0 Å². The Balaban J connectivity index is 1.88. The van der Waals surface area contributed by atoms with Gasteiger partial charge in [0.15, 0.2) is 0 Å². The van der Waals surface area contributed by atoms with Crippen LogP contribution < -0.4 is 0 Å². The van der Waals surface area contributed by atoms with Gasteiger partial charge in [0.2, 0.25) is 0 Å². The van der Waals surface area contributed by atoms with E-state index in [-0.39, 0.29) is 5.91 Å². The zero-order valence-electron chi connectivity index (χ0n) is 11.8. The molecule has 0 N–H and O–H groups in total. The van der Waals surface area contributed by atoms with E-state index in [1.165, 1.54) is 11.8 Å². The molecule has 0 saturated carbocycles. The van der Waals surface area contributed by atoms with Gasteiger partial charge in [0.05, 0.1) is 11.4 Å². The predicted molar refractivity (Wildman–Crippen MR) is 102 cm³/mol. The molecule has 6 heteroatoms. The average Bonchev–Trinajstić information content (AvgIpc) is 2.80. The highest BCUT2D eigenvalue weighted by Gasteiger charge is 2.32. The molecule has 116 valence electrons. The standard InChI is InChI=1S/C17H11Cl2NOS2/c18-13-7-4-8-14(19)12(13)9-15-16(21)20(17(22)23-15)10-11-5-2-1-3-6-11/h1-9H,10H2/b15-9-. The number of carbonyl (C=O) groups excluding carboxylic acids is 1. The van der Waals surface area contributed by atoms with Gasteiger partial charge in [-0.25, -0.2) is 0 Å². The molecule has 1 aliphatic rings. The van der Waals surface area contributed by atoms with Gasteiger partial charge in [0.1, 0.15) is 4.32 Å². The molecule has 1 heterocycles. The summed E-state index contributed by atoms with van der Waals surface area (Å²) in [5.41, 5.74) is 1.66. The van der Waals surface area contributed by atoms with Crippen LogP contribution in [0.15, 0.2) is 53.4 Å². The lowest BCUT2D eigenvalue weighted by atomic mass is 10.2. The number of thioether (sulfide) groups is 1. The number of thiocarbonyl (C=S) groups is 1. The molecule has 1 fully saturated rings. The minimum atomic E-state index is -0.125. The maximum Gasteiger partial charge on any atom is 0.266 e. The highest BCUT2D eigenvalue weighted by atomic mass is 35.5. The Morgan fingerprint density at radius 2 is 1.70 bits per heavy atom. The molecule has 23 heavy (non-hydrogen) atoms. The van der Waals surface area contributed by atoms with E-state index in [4.69, 9.17) is 35.4 Å². The molecular weight excluding hydrogens is 369 g/mol. The van der Waals surface area contributed by atoms with E-state index in [1.807, 2.05) is 30.3 Å². The van der Waals surface area contributed by atoms with Crippen molar-refractivity contribution in [3.05, 3.63) is 74.6 Å². The zero-order chi connectivity index (χ0) is 16.4. The van der Waals surface area contributed by atoms with Crippen LogP contribution in [-0.4, -0.2) is 15.1 Å². The van der Waals surface area contributed by atoms with Gasteiger partial charge in [0, 0.05) is 15.6 Å². The molecule has 0 aromatic heterocycles. The quantitative estimate of drug-likeness (QED) is 0.526. The number of hydrogen-bond donors (Lipinski definition) is 0. The molecule has 0 atom stereocenters. The van der Waals surface area contributed by atoms with Crippen molar-refractivity contribution < 1.29 is 4.79 Å². The molecule has 2 aromatic rings. The van der Waals surface area contributed by atoms with E-state index >= 15 is 0 Å². The first-order valence-electron chi connectivity index (χ1n) is 6.79. The van der Waals surface area contributed by atoms with Gasteiger partial charge < -0.3 is 0 Å². The van der Waals surface area contributed by atoms with Crippen molar-refractivity contribution >= 4 is 63.5 Å². The van der Waals surface area contributed by atoms with Crippen LogP contribution in [0, 0.1) is 0 Å². The summed E-state index contributed by atoms with van der Waals surface area (Å²) in [5, 5.41) is 1.01. The highest BCUT2D eigenvalue weighted by molar-refractivity contribution is 8.26. The Morgan fingerprint density at radius 1 is 1.04 bits per heavy atom. The molecule has 0 aliphatic carbocycles. The largest absolute Gasteiger partial charge is 0.288 e. The molecule has 0 bridgehead atoms. The lowest BCUT2D eigenvalue weighted by Gasteiger charge is -2.14. The summed E-state index contributed by atoms with van der Waals surface area (Å²) in [7, 11) is 0. The molecule has 1 amide bonds. The number of benzene rings is 2. The van der Waals surface area contributed by atoms with Crippen LogP contribution in [-0.2, 0) is 11.3 Å². The minimum Gasteiger partial charge on any atom is -0.288 e. The Kier molecular flexibility index (Phi) is 5.07. The van der Waals surface area contributed by atoms with E-state index in [9.17, 15) is 4.79 Å². The summed E-state index contributed by atoms with van der Waals surface area (Å²) in [6, 6.07) is 15.0. The summed E-state index contributed by atoms with van der Waals surface area (Å²) in [4.78, 5) is 14.7. The van der Waals surface area contributed by atoms with Crippen LogP contribution in [0.1, 0.15) is 11.1 Å². The van der Waals surface area contributed by atoms with E-state index in [1.54, 1.807) is 29.2 Å². The first kappa shape index (κ1) is 16.5. The Hall–Kier alpha value is -1.33. The maximum atomic E-state index is 12.6. The van der Waals surface area contributed by atoms with E-state index in [2.05, 4.69) is 0 Å². The van der Waals surface area contributed by atoms with Crippen molar-refractivity contribution in [2.24, 2.45) is 0 Å². The van der Waals surface area contributed by atoms with Crippen molar-refractivity contribution in [3.63, 3.8) is 0 Å². The fourth-order valence-corrected chi connectivity index (χ4v) is 3.93. The summed E-state index contributed by atoms with van der Waals surface area (Å²) in [5.74, 6) is -0.125. The number of amides is 1. The zero-order valence-corrected chi connectivity index (χ0v) is 15.0. The van der Waals surface area contributed by atoms with E-state index < -0.39 is 0 Å². The fourth-order valence-electron chi connectivity index (χ4n) is 2.18. The molecular formula is C17H11Cl2NOS2. The summed E-state index contributed by atoms with van der Waals surface area (Å²) in [6.07, 6.45) is 1.70. The summed E-state index contributed by atoms with van der Waals surface area (Å²) in [6.45, 7) is 0.457. The van der Waals surface area contributed by atoms with Crippen molar-refractivity contribution in [1.82, 2.24) is 4.90 Å². The third-order valence-corrected chi connectivity index (χ3v) is 5.37. The van der Waals surface area contributed by atoms with Crippen LogP contribution in [0.5, 0.6) is 0 Å². The molecule has 3 rings (SSSR count). The summed E-state index contributed by atoms with van der Waals surface area (Å²) >= 11 is 18.9. The van der Waals surface area contributed by atoms with Crippen LogP contribution in [0.3, 0.4) is 0 Å². The molecule has 0 unspecified atom stereocenters. The van der Waals surface area contributed by atoms with Gasteiger partial charge in [-0.1, -0.05) is 83.6 Å². The van der Waals surface area contributed by atoms with E-state index in [0.29, 0.717) is 31.4 Å². The van der Waals surface area contributed by atoms with Gasteiger partial charge in [-0.15, -0.1) is 0 Å². The fraction of sp³-hybridized carbons (Fsp3) is 0.0588. The minimum absolute atomic E-state index is 0.125. The first-order chi connectivity index (χ1) is 11.1.